The summed E-state index contributed by atoms with van der Waals surface area (Å²) in [6.07, 6.45) is 0.490. The normalized spacial score (nSPS) is 23.1. The molecule has 0 aromatic heterocycles. The molecule has 1 aliphatic heterocycles. The maximum atomic E-state index is 5.85. The van der Waals surface area contributed by atoms with Crippen LogP contribution in [0, 0.1) is 0 Å². The molecule has 1 saturated heterocycles. The molecule has 2 atom stereocenters. The van der Waals surface area contributed by atoms with Gasteiger partial charge in [0.05, 0.1) is 33.5 Å². The second-order valence-corrected chi connectivity index (χ2v) is 4.35. The Labute approximate surface area is 113 Å². The van der Waals surface area contributed by atoms with Crippen molar-refractivity contribution in [1.29, 1.82) is 0 Å². The molecular formula is C14H20O5. The van der Waals surface area contributed by atoms with Gasteiger partial charge in [-0.25, -0.2) is 0 Å². The summed E-state index contributed by atoms with van der Waals surface area (Å²) in [4.78, 5) is 0. The lowest BCUT2D eigenvalue weighted by atomic mass is 10.1. The molecule has 1 aliphatic rings. The predicted molar refractivity (Wildman–Crippen MR) is 69.6 cm³/mol. The first-order chi connectivity index (χ1) is 9.26. The molecule has 0 N–H and O–H groups in total. The molecular weight excluding hydrogens is 248 g/mol. The van der Waals surface area contributed by atoms with Gasteiger partial charge in [-0.2, -0.15) is 0 Å². The molecule has 1 heterocycles. The molecule has 1 fully saturated rings. The Balaban J connectivity index is 2.15. The van der Waals surface area contributed by atoms with Crippen molar-refractivity contribution in [1.82, 2.24) is 0 Å². The monoisotopic (exact) mass is 268 g/mol. The van der Waals surface area contributed by atoms with Gasteiger partial charge >= 0.3 is 0 Å². The highest BCUT2D eigenvalue weighted by molar-refractivity contribution is 5.39. The summed E-state index contributed by atoms with van der Waals surface area (Å²) in [5.74, 6) is 1.44. The average molecular weight is 268 g/mol. The summed E-state index contributed by atoms with van der Waals surface area (Å²) in [7, 11) is 4.91. The summed E-state index contributed by atoms with van der Waals surface area (Å²) in [5, 5.41) is 0. The first-order valence-corrected chi connectivity index (χ1v) is 6.25. The SMILES string of the molecule is COC[C@@H]1CCO[C@H](c2cc(OC)cc(OC)c2)O1. The average Bonchev–Trinajstić information content (AvgIpc) is 2.47. The van der Waals surface area contributed by atoms with Crippen molar-refractivity contribution in [3.63, 3.8) is 0 Å². The van der Waals surface area contributed by atoms with Crippen LogP contribution in [0.5, 0.6) is 11.5 Å². The standard InChI is InChI=1S/C14H20O5/c1-15-9-11-4-5-18-14(19-11)10-6-12(16-2)8-13(7-10)17-3/h6-8,11,14H,4-5,9H2,1-3H3/t11-,14-/m0/s1. The molecule has 5 heteroatoms. The zero-order valence-electron chi connectivity index (χ0n) is 11.5. The lowest BCUT2D eigenvalue weighted by Crippen LogP contribution is -2.30. The molecule has 0 aliphatic carbocycles. The molecule has 0 saturated carbocycles. The van der Waals surface area contributed by atoms with E-state index >= 15 is 0 Å². The van der Waals surface area contributed by atoms with Crippen LogP contribution >= 0.6 is 0 Å². The van der Waals surface area contributed by atoms with E-state index in [1.165, 1.54) is 0 Å². The Hall–Kier alpha value is -1.30. The van der Waals surface area contributed by atoms with Crippen LogP contribution in [0.2, 0.25) is 0 Å². The Bertz CT molecular complexity index is 383. The van der Waals surface area contributed by atoms with Gasteiger partial charge < -0.3 is 23.7 Å². The highest BCUT2D eigenvalue weighted by Crippen LogP contribution is 2.32. The highest BCUT2D eigenvalue weighted by atomic mass is 16.7. The molecule has 0 amide bonds. The second kappa shape index (κ2) is 6.75. The van der Waals surface area contributed by atoms with Crippen LogP contribution in [0.25, 0.3) is 0 Å². The summed E-state index contributed by atoms with van der Waals surface area (Å²) in [6, 6.07) is 5.60. The quantitative estimate of drug-likeness (QED) is 0.819. The van der Waals surface area contributed by atoms with Gasteiger partial charge in [0.15, 0.2) is 6.29 Å². The van der Waals surface area contributed by atoms with Crippen molar-refractivity contribution in [3.8, 4) is 11.5 Å². The lowest BCUT2D eigenvalue weighted by Gasteiger charge is -2.30. The number of rotatable bonds is 5. The fourth-order valence-corrected chi connectivity index (χ4v) is 2.04. The van der Waals surface area contributed by atoms with E-state index in [1.807, 2.05) is 18.2 Å². The number of hydrogen-bond donors (Lipinski definition) is 0. The van der Waals surface area contributed by atoms with E-state index in [0.29, 0.717) is 13.2 Å². The molecule has 0 bridgehead atoms. The van der Waals surface area contributed by atoms with Crippen LogP contribution in [-0.2, 0) is 14.2 Å². The van der Waals surface area contributed by atoms with Crippen LogP contribution in [0.15, 0.2) is 18.2 Å². The van der Waals surface area contributed by atoms with E-state index in [-0.39, 0.29) is 6.10 Å². The van der Waals surface area contributed by atoms with E-state index in [9.17, 15) is 0 Å². The third-order valence-electron chi connectivity index (χ3n) is 3.02. The Morgan fingerprint density at radius 1 is 1.11 bits per heavy atom. The van der Waals surface area contributed by atoms with Gasteiger partial charge in [0, 0.05) is 18.7 Å². The predicted octanol–water partition coefficient (Wildman–Crippen LogP) is 2.15. The van der Waals surface area contributed by atoms with Crippen molar-refractivity contribution in [2.24, 2.45) is 0 Å². The molecule has 106 valence electrons. The van der Waals surface area contributed by atoms with E-state index in [4.69, 9.17) is 23.7 Å². The summed E-state index contributed by atoms with van der Waals surface area (Å²) in [5.41, 5.74) is 0.886. The third-order valence-corrected chi connectivity index (χ3v) is 3.02. The summed E-state index contributed by atoms with van der Waals surface area (Å²) in [6.45, 7) is 1.22. The van der Waals surface area contributed by atoms with Gasteiger partial charge in [-0.05, 0) is 18.6 Å². The summed E-state index contributed by atoms with van der Waals surface area (Å²) >= 11 is 0. The van der Waals surface area contributed by atoms with Crippen molar-refractivity contribution >= 4 is 0 Å². The maximum absolute atomic E-state index is 5.85. The Morgan fingerprint density at radius 3 is 2.37 bits per heavy atom. The van der Waals surface area contributed by atoms with E-state index in [2.05, 4.69) is 0 Å². The molecule has 0 unspecified atom stereocenters. The van der Waals surface area contributed by atoms with Crippen LogP contribution < -0.4 is 9.47 Å². The van der Waals surface area contributed by atoms with E-state index in [0.717, 1.165) is 23.5 Å². The fourth-order valence-electron chi connectivity index (χ4n) is 2.04. The van der Waals surface area contributed by atoms with Crippen LogP contribution in [0.3, 0.4) is 0 Å². The largest absolute Gasteiger partial charge is 0.497 e. The van der Waals surface area contributed by atoms with Crippen molar-refractivity contribution < 1.29 is 23.7 Å². The zero-order chi connectivity index (χ0) is 13.7. The first-order valence-electron chi connectivity index (χ1n) is 6.25. The van der Waals surface area contributed by atoms with Crippen molar-refractivity contribution in [2.75, 3.05) is 34.5 Å². The lowest BCUT2D eigenvalue weighted by molar-refractivity contribution is -0.226. The number of benzene rings is 1. The van der Waals surface area contributed by atoms with Gasteiger partial charge in [-0.15, -0.1) is 0 Å². The van der Waals surface area contributed by atoms with Crippen LogP contribution in [0.1, 0.15) is 18.3 Å². The molecule has 1 aromatic carbocycles. The second-order valence-electron chi connectivity index (χ2n) is 4.35. The van der Waals surface area contributed by atoms with Gasteiger partial charge in [0.1, 0.15) is 11.5 Å². The summed E-state index contributed by atoms with van der Waals surface area (Å²) < 4.78 is 27.1. The molecule has 5 nitrogen and oxygen atoms in total. The van der Waals surface area contributed by atoms with Gasteiger partial charge in [-0.1, -0.05) is 0 Å². The number of methoxy groups -OCH3 is 3. The van der Waals surface area contributed by atoms with Crippen LogP contribution in [-0.4, -0.2) is 40.6 Å². The number of ether oxygens (including phenoxy) is 5. The van der Waals surface area contributed by atoms with E-state index in [1.54, 1.807) is 21.3 Å². The maximum Gasteiger partial charge on any atom is 0.184 e. The van der Waals surface area contributed by atoms with Gasteiger partial charge in [0.25, 0.3) is 0 Å². The minimum atomic E-state index is -0.405. The molecule has 19 heavy (non-hydrogen) atoms. The molecule has 0 radical (unpaired) electrons. The first kappa shape index (κ1) is 14.1. The smallest absolute Gasteiger partial charge is 0.184 e. The van der Waals surface area contributed by atoms with Crippen molar-refractivity contribution in [3.05, 3.63) is 23.8 Å². The Kier molecular flexibility index (Phi) is 5.01. The van der Waals surface area contributed by atoms with Crippen LogP contribution in [0.4, 0.5) is 0 Å². The minimum Gasteiger partial charge on any atom is -0.497 e. The van der Waals surface area contributed by atoms with Gasteiger partial charge in [-0.3, -0.25) is 0 Å². The highest BCUT2D eigenvalue weighted by Gasteiger charge is 2.25. The van der Waals surface area contributed by atoms with Gasteiger partial charge in [0.2, 0.25) is 0 Å². The molecule has 1 aromatic rings. The fraction of sp³-hybridized carbons (Fsp3) is 0.571. The number of hydrogen-bond acceptors (Lipinski definition) is 5. The topological polar surface area (TPSA) is 46.2 Å². The third kappa shape index (κ3) is 3.59. The van der Waals surface area contributed by atoms with E-state index < -0.39 is 6.29 Å². The molecule has 2 rings (SSSR count). The minimum absolute atomic E-state index is 0.0564. The van der Waals surface area contributed by atoms with Crippen molar-refractivity contribution in [2.45, 2.75) is 18.8 Å². The molecule has 0 spiro atoms. The zero-order valence-corrected chi connectivity index (χ0v) is 11.5. The Morgan fingerprint density at radius 2 is 1.79 bits per heavy atom.